The Bertz CT molecular complexity index is 511. The number of aryl methyl sites for hydroxylation is 1. The van der Waals surface area contributed by atoms with Crippen molar-refractivity contribution in [2.24, 2.45) is 11.8 Å². The van der Waals surface area contributed by atoms with E-state index < -0.39 is 11.9 Å². The standard InChI is InChI=1S/C15H19ClFNO2/c1-8-2-3-11(17)15(14(8)16)20-13-5-10-7-18-6-9(10)4-12(13)19/h2-3,9-10,12-13,18-19H,4-7H2,1H3/t9-,10+,12+,13+/m0/s1. The topological polar surface area (TPSA) is 41.5 Å². The van der Waals surface area contributed by atoms with Gasteiger partial charge in [0.1, 0.15) is 6.10 Å². The van der Waals surface area contributed by atoms with Gasteiger partial charge < -0.3 is 15.2 Å². The number of benzene rings is 1. The van der Waals surface area contributed by atoms with E-state index in [1.807, 2.05) is 6.92 Å². The Kier molecular flexibility index (Phi) is 3.89. The van der Waals surface area contributed by atoms with Crippen LogP contribution in [0.3, 0.4) is 0 Å². The Morgan fingerprint density at radius 3 is 2.75 bits per heavy atom. The molecule has 4 atom stereocenters. The maximum absolute atomic E-state index is 13.9. The molecule has 0 bridgehead atoms. The highest BCUT2D eigenvalue weighted by molar-refractivity contribution is 6.32. The molecule has 1 aromatic rings. The molecule has 0 radical (unpaired) electrons. The normalized spacial score (nSPS) is 33.0. The minimum Gasteiger partial charge on any atom is -0.483 e. The zero-order valence-corrected chi connectivity index (χ0v) is 12.2. The molecule has 1 aliphatic heterocycles. The summed E-state index contributed by atoms with van der Waals surface area (Å²) in [6, 6.07) is 2.98. The van der Waals surface area contributed by atoms with Crippen LogP contribution < -0.4 is 10.1 Å². The maximum atomic E-state index is 13.9. The molecule has 1 aliphatic carbocycles. The van der Waals surface area contributed by atoms with Crippen LogP contribution in [-0.2, 0) is 0 Å². The molecule has 3 nitrogen and oxygen atoms in total. The molecule has 1 saturated carbocycles. The molecule has 0 spiro atoms. The van der Waals surface area contributed by atoms with E-state index in [-0.39, 0.29) is 11.9 Å². The predicted molar refractivity (Wildman–Crippen MR) is 75.7 cm³/mol. The number of ether oxygens (including phenoxy) is 1. The largest absolute Gasteiger partial charge is 0.483 e. The van der Waals surface area contributed by atoms with Crippen molar-refractivity contribution in [2.75, 3.05) is 13.1 Å². The lowest BCUT2D eigenvalue weighted by atomic mass is 9.78. The van der Waals surface area contributed by atoms with E-state index in [1.54, 1.807) is 6.07 Å². The molecule has 1 heterocycles. The van der Waals surface area contributed by atoms with Gasteiger partial charge in [-0.25, -0.2) is 4.39 Å². The molecule has 20 heavy (non-hydrogen) atoms. The number of aliphatic hydroxyl groups is 1. The van der Waals surface area contributed by atoms with Crippen molar-refractivity contribution in [3.63, 3.8) is 0 Å². The predicted octanol–water partition coefficient (Wildman–Crippen LogP) is 2.53. The van der Waals surface area contributed by atoms with Crippen molar-refractivity contribution >= 4 is 11.6 Å². The summed E-state index contributed by atoms with van der Waals surface area (Å²) in [5.41, 5.74) is 0.772. The molecule has 0 unspecified atom stereocenters. The third-order valence-corrected chi connectivity index (χ3v) is 4.97. The molecule has 1 aromatic carbocycles. The Balaban J connectivity index is 1.79. The van der Waals surface area contributed by atoms with Crippen LogP contribution in [0.15, 0.2) is 12.1 Å². The van der Waals surface area contributed by atoms with E-state index in [9.17, 15) is 9.50 Å². The van der Waals surface area contributed by atoms with Crippen LogP contribution in [0.25, 0.3) is 0 Å². The quantitative estimate of drug-likeness (QED) is 0.882. The third-order valence-electron chi connectivity index (χ3n) is 4.50. The first-order chi connectivity index (χ1) is 9.56. The lowest BCUT2D eigenvalue weighted by Crippen LogP contribution is -2.42. The summed E-state index contributed by atoms with van der Waals surface area (Å²) in [7, 11) is 0. The van der Waals surface area contributed by atoms with Gasteiger partial charge in [-0.1, -0.05) is 17.7 Å². The van der Waals surface area contributed by atoms with Gasteiger partial charge in [-0.15, -0.1) is 0 Å². The maximum Gasteiger partial charge on any atom is 0.174 e. The van der Waals surface area contributed by atoms with Crippen LogP contribution in [-0.4, -0.2) is 30.4 Å². The van der Waals surface area contributed by atoms with Gasteiger partial charge in [0.05, 0.1) is 11.1 Å². The Morgan fingerprint density at radius 2 is 2.00 bits per heavy atom. The zero-order chi connectivity index (χ0) is 14.3. The molecule has 1 saturated heterocycles. The minimum atomic E-state index is -0.563. The van der Waals surface area contributed by atoms with E-state index >= 15 is 0 Å². The van der Waals surface area contributed by atoms with Crippen molar-refractivity contribution < 1.29 is 14.2 Å². The SMILES string of the molecule is Cc1ccc(F)c(O[C@@H]2C[C@@H]3CNC[C@@H]3C[C@H]2O)c1Cl. The van der Waals surface area contributed by atoms with Gasteiger partial charge in [0.15, 0.2) is 11.6 Å². The fourth-order valence-electron chi connectivity index (χ4n) is 3.27. The van der Waals surface area contributed by atoms with E-state index in [0.717, 1.165) is 25.1 Å². The smallest absolute Gasteiger partial charge is 0.174 e. The number of hydrogen-bond donors (Lipinski definition) is 2. The molecule has 0 aromatic heterocycles. The first-order valence-corrected chi connectivity index (χ1v) is 7.44. The molecule has 3 rings (SSSR count). The monoisotopic (exact) mass is 299 g/mol. The molecule has 2 aliphatic rings. The number of nitrogens with one attached hydrogen (secondary N) is 1. The first kappa shape index (κ1) is 14.1. The first-order valence-electron chi connectivity index (χ1n) is 7.06. The molecular formula is C15H19ClFNO2. The average molecular weight is 300 g/mol. The van der Waals surface area contributed by atoms with Gasteiger partial charge in [0.2, 0.25) is 0 Å². The molecule has 0 amide bonds. The van der Waals surface area contributed by atoms with Gasteiger partial charge in [-0.2, -0.15) is 0 Å². The van der Waals surface area contributed by atoms with Crippen LogP contribution in [0.4, 0.5) is 4.39 Å². The van der Waals surface area contributed by atoms with E-state index in [1.165, 1.54) is 6.07 Å². The van der Waals surface area contributed by atoms with Crippen LogP contribution >= 0.6 is 11.6 Å². The summed E-state index contributed by atoms with van der Waals surface area (Å²) in [6.45, 7) is 3.71. The molecule has 110 valence electrons. The molecule has 5 heteroatoms. The zero-order valence-electron chi connectivity index (χ0n) is 11.4. The highest BCUT2D eigenvalue weighted by Crippen LogP contribution is 2.38. The number of aliphatic hydroxyl groups excluding tert-OH is 1. The van der Waals surface area contributed by atoms with Crippen LogP contribution in [0.1, 0.15) is 18.4 Å². The van der Waals surface area contributed by atoms with Crippen LogP contribution in [0.2, 0.25) is 5.02 Å². The summed E-state index contributed by atoms with van der Waals surface area (Å²) in [6.07, 6.45) is 0.493. The lowest BCUT2D eigenvalue weighted by Gasteiger charge is -2.35. The van der Waals surface area contributed by atoms with Crippen molar-refractivity contribution in [3.8, 4) is 5.75 Å². The second-order valence-electron chi connectivity index (χ2n) is 5.88. The van der Waals surface area contributed by atoms with Crippen molar-refractivity contribution in [2.45, 2.75) is 32.0 Å². The summed E-state index contributed by atoms with van der Waals surface area (Å²) in [5.74, 6) is 0.595. The Hall–Kier alpha value is -0.840. The minimum absolute atomic E-state index is 0.0696. The highest BCUT2D eigenvalue weighted by Gasteiger charge is 2.40. The second-order valence-corrected chi connectivity index (χ2v) is 6.26. The highest BCUT2D eigenvalue weighted by atomic mass is 35.5. The number of fused-ring (bicyclic) bond motifs is 1. The summed E-state index contributed by atoms with van der Waals surface area (Å²) in [4.78, 5) is 0. The fourth-order valence-corrected chi connectivity index (χ4v) is 3.47. The lowest BCUT2D eigenvalue weighted by molar-refractivity contribution is -0.0246. The Morgan fingerprint density at radius 1 is 1.30 bits per heavy atom. The van der Waals surface area contributed by atoms with Crippen LogP contribution in [0.5, 0.6) is 5.75 Å². The van der Waals surface area contributed by atoms with Gasteiger partial charge in [0, 0.05) is 0 Å². The Labute approximate surface area is 123 Å². The van der Waals surface area contributed by atoms with Gasteiger partial charge in [-0.3, -0.25) is 0 Å². The average Bonchev–Trinajstić information content (AvgIpc) is 2.86. The number of rotatable bonds is 2. The van der Waals surface area contributed by atoms with Gasteiger partial charge in [0.25, 0.3) is 0 Å². The van der Waals surface area contributed by atoms with Crippen LogP contribution in [0, 0.1) is 24.6 Å². The number of hydrogen-bond acceptors (Lipinski definition) is 3. The van der Waals surface area contributed by atoms with Gasteiger partial charge >= 0.3 is 0 Å². The molecule has 2 N–H and O–H groups in total. The number of halogens is 2. The molecular weight excluding hydrogens is 281 g/mol. The van der Waals surface area contributed by atoms with E-state index in [4.69, 9.17) is 16.3 Å². The van der Waals surface area contributed by atoms with E-state index in [0.29, 0.717) is 23.3 Å². The summed E-state index contributed by atoms with van der Waals surface area (Å²) in [5, 5.41) is 13.8. The second kappa shape index (κ2) is 5.51. The summed E-state index contributed by atoms with van der Waals surface area (Å²) < 4.78 is 19.6. The third kappa shape index (κ3) is 2.52. The van der Waals surface area contributed by atoms with Gasteiger partial charge in [-0.05, 0) is 56.3 Å². The van der Waals surface area contributed by atoms with E-state index in [2.05, 4.69) is 5.32 Å². The summed E-state index contributed by atoms with van der Waals surface area (Å²) >= 11 is 6.12. The molecule has 2 fully saturated rings. The van der Waals surface area contributed by atoms with Crippen molar-refractivity contribution in [1.82, 2.24) is 5.32 Å². The fraction of sp³-hybridized carbons (Fsp3) is 0.600. The van der Waals surface area contributed by atoms with Crippen molar-refractivity contribution in [1.29, 1.82) is 0 Å². The van der Waals surface area contributed by atoms with Crippen molar-refractivity contribution in [3.05, 3.63) is 28.5 Å².